The van der Waals surface area contributed by atoms with Gasteiger partial charge in [-0.1, -0.05) is 46.8 Å². The first-order valence-corrected chi connectivity index (χ1v) is 14.6. The fraction of sp³-hybridized carbons (Fsp3) is 0.303. The number of hydrogen-bond acceptors (Lipinski definition) is 7. The van der Waals surface area contributed by atoms with E-state index in [0.717, 1.165) is 11.6 Å². The van der Waals surface area contributed by atoms with Crippen LogP contribution in [0.1, 0.15) is 56.4 Å². The van der Waals surface area contributed by atoms with Gasteiger partial charge in [0.15, 0.2) is 0 Å². The molecular weight excluding hydrogens is 593 g/mol. The largest absolute Gasteiger partial charge is 0.480 e. The second kappa shape index (κ2) is 14.2. The minimum absolute atomic E-state index is 0.0843. The van der Waals surface area contributed by atoms with Crippen LogP contribution in [-0.2, 0) is 16.8 Å². The van der Waals surface area contributed by atoms with Crippen LogP contribution in [0.3, 0.4) is 0 Å². The van der Waals surface area contributed by atoms with Crippen LogP contribution in [0.5, 0.6) is 11.5 Å². The maximum atomic E-state index is 15.0. The highest BCUT2D eigenvalue weighted by Crippen LogP contribution is 2.28. The summed E-state index contributed by atoms with van der Waals surface area (Å²) in [6.07, 6.45) is 1.40. The molecule has 0 aliphatic heterocycles. The third-order valence-electron chi connectivity index (χ3n) is 6.95. The normalized spacial score (nSPS) is 12.0. The summed E-state index contributed by atoms with van der Waals surface area (Å²) >= 11 is 0. The lowest BCUT2D eigenvalue weighted by Crippen LogP contribution is -2.40. The molecule has 4 rings (SSSR count). The first-order valence-electron chi connectivity index (χ1n) is 14.6. The predicted molar refractivity (Wildman–Crippen MR) is 172 cm³/mol. The highest BCUT2D eigenvalue weighted by Gasteiger charge is 2.23. The van der Waals surface area contributed by atoms with E-state index in [2.05, 4.69) is 26.3 Å². The van der Waals surface area contributed by atoms with Gasteiger partial charge in [-0.15, -0.1) is 0 Å². The Morgan fingerprint density at radius 1 is 1.00 bits per heavy atom. The Morgan fingerprint density at radius 2 is 1.74 bits per heavy atom. The van der Waals surface area contributed by atoms with Gasteiger partial charge in [0.2, 0.25) is 0 Å². The summed E-state index contributed by atoms with van der Waals surface area (Å²) in [5.41, 5.74) is 1.89. The zero-order chi connectivity index (χ0) is 33.6. The molecule has 0 bridgehead atoms. The Morgan fingerprint density at radius 3 is 2.39 bits per heavy atom. The number of rotatable bonds is 11. The van der Waals surface area contributed by atoms with Crippen molar-refractivity contribution in [3.8, 4) is 17.2 Å². The number of amides is 3. The van der Waals surface area contributed by atoms with Crippen molar-refractivity contribution in [1.82, 2.24) is 25.4 Å². The molecule has 46 heavy (non-hydrogen) atoms. The smallest absolute Gasteiger partial charge is 0.324 e. The van der Waals surface area contributed by atoms with E-state index in [1.165, 1.54) is 37.5 Å². The third kappa shape index (κ3) is 8.45. The molecule has 0 spiro atoms. The van der Waals surface area contributed by atoms with Crippen LogP contribution in [0, 0.1) is 11.7 Å². The molecule has 0 fully saturated rings. The number of hydrogen-bond donors (Lipinski definition) is 5. The van der Waals surface area contributed by atoms with Gasteiger partial charge in [0.1, 0.15) is 34.9 Å². The van der Waals surface area contributed by atoms with Crippen molar-refractivity contribution in [3.63, 3.8) is 0 Å². The minimum Gasteiger partial charge on any atom is -0.480 e. The summed E-state index contributed by atoms with van der Waals surface area (Å²) < 4.78 is 22.3. The summed E-state index contributed by atoms with van der Waals surface area (Å²) in [7, 11) is 1.48. The Balaban J connectivity index is 1.51. The van der Waals surface area contributed by atoms with E-state index in [-0.39, 0.29) is 34.2 Å². The van der Waals surface area contributed by atoms with Crippen LogP contribution >= 0.6 is 0 Å². The Labute approximate surface area is 266 Å². The molecule has 13 heteroatoms. The lowest BCUT2D eigenvalue weighted by molar-refractivity contribution is -0.140. The monoisotopic (exact) mass is 631 g/mol. The van der Waals surface area contributed by atoms with Crippen LogP contribution in [0.15, 0.2) is 66.9 Å². The van der Waals surface area contributed by atoms with Crippen LogP contribution in [0.2, 0.25) is 0 Å². The first-order chi connectivity index (χ1) is 21.7. The molecule has 0 radical (unpaired) electrons. The molecule has 12 nitrogen and oxygen atoms in total. The summed E-state index contributed by atoms with van der Waals surface area (Å²) in [5, 5.41) is 25.1. The number of nitrogens with one attached hydrogen (secondary N) is 4. The molecule has 3 amide bonds. The van der Waals surface area contributed by atoms with Gasteiger partial charge in [-0.2, -0.15) is 5.10 Å². The Bertz CT molecular complexity index is 1730. The number of benzene rings is 2. The number of carboxylic acids is 1. The topological polar surface area (TPSA) is 160 Å². The van der Waals surface area contributed by atoms with Crippen LogP contribution in [0.4, 0.5) is 20.7 Å². The molecule has 2 aromatic heterocycles. The molecule has 2 heterocycles. The van der Waals surface area contributed by atoms with Crippen LogP contribution in [0.25, 0.3) is 5.69 Å². The van der Waals surface area contributed by atoms with Crippen LogP contribution in [-0.4, -0.2) is 50.9 Å². The predicted octanol–water partition coefficient (Wildman–Crippen LogP) is 5.70. The van der Waals surface area contributed by atoms with Crippen molar-refractivity contribution in [1.29, 1.82) is 0 Å². The number of pyridine rings is 1. The fourth-order valence-corrected chi connectivity index (χ4v) is 4.46. The number of ether oxygens (including phenoxy) is 1. The highest BCUT2D eigenvalue weighted by atomic mass is 19.1. The number of carbonyl (C=O) groups is 3. The van der Waals surface area contributed by atoms with E-state index in [1.807, 2.05) is 58.9 Å². The number of nitrogens with zero attached hydrogens (tertiary/aromatic N) is 3. The SMILES string of the molecule is CNC(=O)c1cc(Oc2ccc(NC(=O)Nc3cc(C(C)(C)C)nn3-c3cccc(CN[C@@H](C(=O)O)C(C)C)c3)c(F)c2)ccn1. The maximum absolute atomic E-state index is 15.0. The molecule has 2 aromatic carbocycles. The number of urea groups is 1. The molecule has 1 atom stereocenters. The van der Waals surface area contributed by atoms with E-state index in [4.69, 9.17) is 9.84 Å². The van der Waals surface area contributed by atoms with Crippen molar-refractivity contribution < 1.29 is 28.6 Å². The fourth-order valence-electron chi connectivity index (χ4n) is 4.46. The van der Waals surface area contributed by atoms with E-state index in [0.29, 0.717) is 23.7 Å². The second-order valence-corrected chi connectivity index (χ2v) is 12.0. The average molecular weight is 632 g/mol. The molecule has 0 unspecified atom stereocenters. The Hall–Kier alpha value is -5.30. The lowest BCUT2D eigenvalue weighted by atomic mass is 9.92. The average Bonchev–Trinajstić information content (AvgIpc) is 3.42. The van der Waals surface area contributed by atoms with E-state index in [9.17, 15) is 19.5 Å². The van der Waals surface area contributed by atoms with Crippen LogP contribution < -0.4 is 26.0 Å². The van der Waals surface area contributed by atoms with E-state index < -0.39 is 29.8 Å². The minimum atomic E-state index is -0.922. The molecule has 0 saturated carbocycles. The van der Waals surface area contributed by atoms with Crippen molar-refractivity contribution in [3.05, 3.63) is 89.6 Å². The molecule has 5 N–H and O–H groups in total. The summed E-state index contributed by atoms with van der Waals surface area (Å²) in [4.78, 5) is 40.5. The lowest BCUT2D eigenvalue weighted by Gasteiger charge is -2.18. The molecule has 0 saturated heterocycles. The number of halogens is 1. The first kappa shape index (κ1) is 33.6. The van der Waals surface area contributed by atoms with E-state index in [1.54, 1.807) is 10.7 Å². The summed E-state index contributed by atoms with van der Waals surface area (Å²) in [5.74, 6) is -1.36. The standard InChI is InChI=1S/C33H38FN7O5/c1-19(2)29(31(43)44)37-18-20-8-7-9-21(14-20)41-28(17-27(40-41)33(3,4)5)39-32(45)38-25-11-10-22(15-24(25)34)46-23-12-13-36-26(16-23)30(42)35-6/h7-17,19,29,37H,18H2,1-6H3,(H,35,42)(H,43,44)(H2,38,39,45)/t29-/m1/s1. The molecule has 0 aliphatic carbocycles. The van der Waals surface area contributed by atoms with Gasteiger partial charge in [-0.25, -0.2) is 13.9 Å². The Kier molecular flexibility index (Phi) is 10.4. The van der Waals surface area contributed by atoms with Gasteiger partial charge in [0, 0.05) is 43.4 Å². The summed E-state index contributed by atoms with van der Waals surface area (Å²) in [6, 6.07) is 14.6. The van der Waals surface area contributed by atoms with E-state index >= 15 is 4.39 Å². The summed E-state index contributed by atoms with van der Waals surface area (Å²) in [6.45, 7) is 9.97. The molecule has 4 aromatic rings. The van der Waals surface area contributed by atoms with Crippen molar-refractivity contribution in [2.45, 2.75) is 52.6 Å². The van der Waals surface area contributed by atoms with Crippen molar-refractivity contribution in [2.75, 3.05) is 17.7 Å². The second-order valence-electron chi connectivity index (χ2n) is 12.0. The van der Waals surface area contributed by atoms with Crippen molar-refractivity contribution >= 4 is 29.4 Å². The number of aromatic nitrogens is 3. The highest BCUT2D eigenvalue weighted by molar-refractivity contribution is 5.99. The number of carbonyl (C=O) groups excluding carboxylic acids is 2. The van der Waals surface area contributed by atoms with Gasteiger partial charge in [0.25, 0.3) is 5.91 Å². The number of aliphatic carboxylic acids is 1. The van der Waals surface area contributed by atoms with Gasteiger partial charge in [0.05, 0.1) is 17.1 Å². The maximum Gasteiger partial charge on any atom is 0.324 e. The van der Waals surface area contributed by atoms with Gasteiger partial charge < -0.3 is 25.8 Å². The van der Waals surface area contributed by atoms with Gasteiger partial charge in [-0.05, 0) is 41.8 Å². The van der Waals surface area contributed by atoms with Gasteiger partial charge >= 0.3 is 12.0 Å². The zero-order valence-corrected chi connectivity index (χ0v) is 26.5. The molecule has 242 valence electrons. The third-order valence-corrected chi connectivity index (χ3v) is 6.95. The quantitative estimate of drug-likeness (QED) is 0.141. The zero-order valence-electron chi connectivity index (χ0n) is 26.5. The van der Waals surface area contributed by atoms with Crippen molar-refractivity contribution in [2.24, 2.45) is 5.92 Å². The van der Waals surface area contributed by atoms with Gasteiger partial charge in [-0.3, -0.25) is 19.9 Å². The molecular formula is C33H38FN7O5. The number of anilines is 2. The molecule has 0 aliphatic rings. The number of carboxylic acid groups (broad SMARTS) is 1.